The van der Waals surface area contributed by atoms with Crippen LogP contribution in [0.5, 0.6) is 0 Å². The second-order valence-electron chi connectivity index (χ2n) is 6.22. The molecule has 2 heterocycles. The summed E-state index contributed by atoms with van der Waals surface area (Å²) >= 11 is 0. The SMILES string of the molecule is CCOC(=O)CN1CCCN(c2cc(C)nc3ccccc23)CC1. The van der Waals surface area contributed by atoms with E-state index in [1.54, 1.807) is 0 Å². The second kappa shape index (κ2) is 7.62. The van der Waals surface area contributed by atoms with Gasteiger partial charge in [0.15, 0.2) is 0 Å². The first kappa shape index (κ1) is 16.7. The first-order chi connectivity index (χ1) is 11.7. The zero-order chi connectivity index (χ0) is 16.9. The summed E-state index contributed by atoms with van der Waals surface area (Å²) in [6.45, 7) is 8.42. The number of esters is 1. The number of nitrogens with zero attached hydrogens (tertiary/aromatic N) is 3. The molecule has 0 N–H and O–H groups in total. The van der Waals surface area contributed by atoms with Crippen molar-refractivity contribution in [2.24, 2.45) is 0 Å². The Morgan fingerprint density at radius 1 is 1.21 bits per heavy atom. The average Bonchev–Trinajstić information content (AvgIpc) is 2.80. The van der Waals surface area contributed by atoms with Crippen LogP contribution in [0, 0.1) is 6.92 Å². The van der Waals surface area contributed by atoms with E-state index in [0.717, 1.165) is 43.8 Å². The monoisotopic (exact) mass is 327 g/mol. The number of hydrogen-bond acceptors (Lipinski definition) is 5. The Hall–Kier alpha value is -2.14. The molecule has 1 aliphatic rings. The van der Waals surface area contributed by atoms with Crippen LogP contribution >= 0.6 is 0 Å². The van der Waals surface area contributed by atoms with Gasteiger partial charge in [0, 0.05) is 42.9 Å². The van der Waals surface area contributed by atoms with E-state index >= 15 is 0 Å². The van der Waals surface area contributed by atoms with E-state index in [9.17, 15) is 4.79 Å². The number of fused-ring (bicyclic) bond motifs is 1. The number of rotatable bonds is 4. The molecular formula is C19H25N3O2. The van der Waals surface area contributed by atoms with Gasteiger partial charge in [0.25, 0.3) is 0 Å². The van der Waals surface area contributed by atoms with Gasteiger partial charge in [-0.2, -0.15) is 0 Å². The molecule has 0 unspecified atom stereocenters. The summed E-state index contributed by atoms with van der Waals surface area (Å²) in [6.07, 6.45) is 1.04. The number of carbonyl (C=O) groups excluding carboxylic acids is 1. The molecule has 5 nitrogen and oxygen atoms in total. The third-order valence-electron chi connectivity index (χ3n) is 4.41. The molecule has 5 heteroatoms. The van der Waals surface area contributed by atoms with Crippen LogP contribution in [0.2, 0.25) is 0 Å². The van der Waals surface area contributed by atoms with E-state index < -0.39 is 0 Å². The van der Waals surface area contributed by atoms with Gasteiger partial charge in [0.1, 0.15) is 0 Å². The predicted molar refractivity (Wildman–Crippen MR) is 96.4 cm³/mol. The number of pyridine rings is 1. The van der Waals surface area contributed by atoms with Crippen molar-refractivity contribution in [3.63, 3.8) is 0 Å². The van der Waals surface area contributed by atoms with Crippen molar-refractivity contribution in [1.29, 1.82) is 0 Å². The standard InChI is InChI=1S/C19H25N3O2/c1-3-24-19(23)14-21-9-6-10-22(12-11-21)18-13-15(2)20-17-8-5-4-7-16(17)18/h4-5,7-8,13H,3,6,9-12,14H2,1-2H3. The predicted octanol–water partition coefficient (Wildman–Crippen LogP) is 2.62. The first-order valence-corrected chi connectivity index (χ1v) is 8.66. The van der Waals surface area contributed by atoms with Crippen LogP contribution < -0.4 is 4.90 Å². The van der Waals surface area contributed by atoms with Gasteiger partial charge < -0.3 is 9.64 Å². The minimum Gasteiger partial charge on any atom is -0.465 e. The molecule has 1 aromatic heterocycles. The number of ether oxygens (including phenoxy) is 1. The lowest BCUT2D eigenvalue weighted by molar-refractivity contribution is -0.144. The zero-order valence-corrected chi connectivity index (χ0v) is 14.5. The number of anilines is 1. The molecule has 0 saturated carbocycles. The lowest BCUT2D eigenvalue weighted by Crippen LogP contribution is -2.35. The summed E-state index contributed by atoms with van der Waals surface area (Å²) in [7, 11) is 0. The third-order valence-corrected chi connectivity index (χ3v) is 4.41. The second-order valence-corrected chi connectivity index (χ2v) is 6.22. The number of hydrogen-bond donors (Lipinski definition) is 0. The Morgan fingerprint density at radius 2 is 2.04 bits per heavy atom. The van der Waals surface area contributed by atoms with Crippen molar-refractivity contribution in [2.45, 2.75) is 20.3 Å². The van der Waals surface area contributed by atoms with Gasteiger partial charge in [0.2, 0.25) is 0 Å². The van der Waals surface area contributed by atoms with Gasteiger partial charge in [-0.3, -0.25) is 14.7 Å². The molecule has 0 bridgehead atoms. The molecule has 0 radical (unpaired) electrons. The third kappa shape index (κ3) is 3.85. The number of carbonyl (C=O) groups is 1. The number of benzene rings is 1. The van der Waals surface area contributed by atoms with Gasteiger partial charge in [-0.1, -0.05) is 18.2 Å². The summed E-state index contributed by atoms with van der Waals surface area (Å²) in [5, 5.41) is 1.20. The molecule has 1 aromatic carbocycles. The van der Waals surface area contributed by atoms with Crippen molar-refractivity contribution in [2.75, 3.05) is 44.2 Å². The Bertz CT molecular complexity index is 717. The number of para-hydroxylation sites is 1. The molecule has 24 heavy (non-hydrogen) atoms. The van der Waals surface area contributed by atoms with Crippen LogP contribution in [0.1, 0.15) is 19.0 Å². The zero-order valence-electron chi connectivity index (χ0n) is 14.5. The maximum Gasteiger partial charge on any atom is 0.320 e. The maximum atomic E-state index is 11.7. The van der Waals surface area contributed by atoms with E-state index in [1.807, 2.05) is 19.9 Å². The van der Waals surface area contributed by atoms with Gasteiger partial charge in [-0.25, -0.2) is 0 Å². The van der Waals surface area contributed by atoms with Crippen LogP contribution in [0.25, 0.3) is 10.9 Å². The Kier molecular flexibility index (Phi) is 5.30. The Balaban J connectivity index is 1.76. The summed E-state index contributed by atoms with van der Waals surface area (Å²) in [4.78, 5) is 20.9. The van der Waals surface area contributed by atoms with Crippen molar-refractivity contribution in [1.82, 2.24) is 9.88 Å². The van der Waals surface area contributed by atoms with Gasteiger partial charge >= 0.3 is 5.97 Å². The highest BCUT2D eigenvalue weighted by atomic mass is 16.5. The smallest absolute Gasteiger partial charge is 0.320 e. The van der Waals surface area contributed by atoms with E-state index in [1.165, 1.54) is 11.1 Å². The van der Waals surface area contributed by atoms with Crippen LogP contribution in [-0.4, -0.2) is 55.2 Å². The normalized spacial score (nSPS) is 16.2. The Morgan fingerprint density at radius 3 is 2.88 bits per heavy atom. The van der Waals surface area contributed by atoms with Crippen LogP contribution in [0.15, 0.2) is 30.3 Å². The molecule has 2 aromatic rings. The molecule has 1 aliphatic heterocycles. The molecule has 0 spiro atoms. The van der Waals surface area contributed by atoms with Crippen molar-refractivity contribution in [3.8, 4) is 0 Å². The van der Waals surface area contributed by atoms with Crippen molar-refractivity contribution >= 4 is 22.6 Å². The van der Waals surface area contributed by atoms with Gasteiger partial charge in [-0.05, 0) is 32.4 Å². The quantitative estimate of drug-likeness (QED) is 0.808. The van der Waals surface area contributed by atoms with E-state index in [0.29, 0.717) is 13.2 Å². The molecule has 1 fully saturated rings. The fourth-order valence-electron chi connectivity index (χ4n) is 3.31. The number of aryl methyl sites for hydroxylation is 1. The van der Waals surface area contributed by atoms with Crippen LogP contribution in [0.3, 0.4) is 0 Å². The van der Waals surface area contributed by atoms with E-state index in [4.69, 9.17) is 4.74 Å². The van der Waals surface area contributed by atoms with E-state index in [-0.39, 0.29) is 5.97 Å². The Labute approximate surface area is 143 Å². The molecule has 128 valence electrons. The van der Waals surface area contributed by atoms with E-state index in [2.05, 4.69) is 39.0 Å². The highest BCUT2D eigenvalue weighted by molar-refractivity contribution is 5.92. The minimum atomic E-state index is -0.129. The lowest BCUT2D eigenvalue weighted by Gasteiger charge is -2.25. The fraction of sp³-hybridized carbons (Fsp3) is 0.474. The maximum absolute atomic E-state index is 11.7. The highest BCUT2D eigenvalue weighted by Crippen LogP contribution is 2.27. The summed E-state index contributed by atoms with van der Waals surface area (Å²) in [6, 6.07) is 10.5. The summed E-state index contributed by atoms with van der Waals surface area (Å²) in [5.41, 5.74) is 3.33. The lowest BCUT2D eigenvalue weighted by atomic mass is 10.1. The molecular weight excluding hydrogens is 302 g/mol. The topological polar surface area (TPSA) is 45.7 Å². The largest absolute Gasteiger partial charge is 0.465 e. The van der Waals surface area contributed by atoms with Crippen LogP contribution in [-0.2, 0) is 9.53 Å². The van der Waals surface area contributed by atoms with Crippen molar-refractivity contribution in [3.05, 3.63) is 36.0 Å². The molecule has 0 atom stereocenters. The average molecular weight is 327 g/mol. The summed E-state index contributed by atoms with van der Waals surface area (Å²) in [5.74, 6) is -0.129. The highest BCUT2D eigenvalue weighted by Gasteiger charge is 2.19. The first-order valence-electron chi connectivity index (χ1n) is 8.66. The van der Waals surface area contributed by atoms with Crippen molar-refractivity contribution < 1.29 is 9.53 Å². The molecule has 0 aliphatic carbocycles. The molecule has 1 saturated heterocycles. The fourth-order valence-corrected chi connectivity index (χ4v) is 3.31. The minimum absolute atomic E-state index is 0.129. The summed E-state index contributed by atoms with van der Waals surface area (Å²) < 4.78 is 5.07. The molecule has 3 rings (SSSR count). The van der Waals surface area contributed by atoms with Crippen LogP contribution in [0.4, 0.5) is 5.69 Å². The van der Waals surface area contributed by atoms with Gasteiger partial charge in [-0.15, -0.1) is 0 Å². The number of aromatic nitrogens is 1. The molecule has 0 amide bonds. The van der Waals surface area contributed by atoms with Gasteiger partial charge in [0.05, 0.1) is 18.7 Å².